The highest BCUT2D eigenvalue weighted by atomic mass is 32.2. The second-order valence-electron chi connectivity index (χ2n) is 6.66. The Hall–Kier alpha value is -2.29. The van der Waals surface area contributed by atoms with E-state index in [-0.39, 0.29) is 35.4 Å². The van der Waals surface area contributed by atoms with Crippen molar-refractivity contribution in [2.24, 2.45) is 5.92 Å². The number of nitrogens with zero attached hydrogens (tertiary/aromatic N) is 2. The van der Waals surface area contributed by atoms with Gasteiger partial charge in [0.05, 0.1) is 24.0 Å². The quantitative estimate of drug-likeness (QED) is 0.793. The summed E-state index contributed by atoms with van der Waals surface area (Å²) in [4.78, 5) is 18.4. The van der Waals surface area contributed by atoms with Gasteiger partial charge in [0, 0.05) is 24.6 Å². The van der Waals surface area contributed by atoms with Crippen LogP contribution >= 0.6 is 0 Å². The third-order valence-corrected chi connectivity index (χ3v) is 6.50. The first kappa shape index (κ1) is 17.1. The van der Waals surface area contributed by atoms with Gasteiger partial charge in [0.2, 0.25) is 11.8 Å². The summed E-state index contributed by atoms with van der Waals surface area (Å²) >= 11 is 0. The van der Waals surface area contributed by atoms with Crippen LogP contribution < -0.4 is 0 Å². The van der Waals surface area contributed by atoms with Gasteiger partial charge in [-0.3, -0.25) is 4.79 Å². The maximum atomic E-state index is 13.4. The van der Waals surface area contributed by atoms with E-state index >= 15 is 0 Å². The van der Waals surface area contributed by atoms with Crippen LogP contribution in [-0.4, -0.2) is 42.3 Å². The summed E-state index contributed by atoms with van der Waals surface area (Å²) in [6.45, 7) is 0.598. The van der Waals surface area contributed by atoms with Gasteiger partial charge >= 0.3 is 0 Å². The first-order valence-corrected chi connectivity index (χ1v) is 10.1. The minimum Gasteiger partial charge on any atom is -0.441 e. The average Bonchev–Trinajstić information content (AvgIpc) is 3.15. The molecule has 0 radical (unpaired) electrons. The van der Waals surface area contributed by atoms with E-state index in [4.69, 9.17) is 4.42 Å². The van der Waals surface area contributed by atoms with E-state index in [2.05, 4.69) is 4.98 Å². The second-order valence-corrected chi connectivity index (χ2v) is 8.89. The topological polar surface area (TPSA) is 80.5 Å². The Balaban J connectivity index is 1.54. The molecule has 2 aliphatic heterocycles. The van der Waals surface area contributed by atoms with Gasteiger partial charge in [0.25, 0.3) is 0 Å². The molecule has 138 valence electrons. The molecule has 26 heavy (non-hydrogen) atoms. The van der Waals surface area contributed by atoms with Crippen molar-refractivity contribution < 1.29 is 26.4 Å². The first-order chi connectivity index (χ1) is 12.3. The lowest BCUT2D eigenvalue weighted by molar-refractivity contribution is -0.135. The number of halogens is 2. The standard InChI is InChI=1S/C17H16F2N2O4S/c18-12-5-11(6-13(19)7-12)16-20-14-8-21(3-1-15(14)25-16)17(22)10-2-4-26(23,24)9-10/h5-7,10H,1-4,8-9H2. The highest BCUT2D eigenvalue weighted by molar-refractivity contribution is 7.91. The number of sulfone groups is 1. The summed E-state index contributed by atoms with van der Waals surface area (Å²) in [5.74, 6) is -1.54. The van der Waals surface area contributed by atoms with E-state index in [0.29, 0.717) is 30.8 Å². The van der Waals surface area contributed by atoms with Crippen LogP contribution in [0.3, 0.4) is 0 Å². The van der Waals surface area contributed by atoms with E-state index in [1.165, 1.54) is 0 Å². The minimum atomic E-state index is -3.13. The molecule has 0 saturated carbocycles. The molecule has 1 fully saturated rings. The Labute approximate surface area is 148 Å². The number of aromatic nitrogens is 1. The number of oxazole rings is 1. The third-order valence-electron chi connectivity index (χ3n) is 4.73. The summed E-state index contributed by atoms with van der Waals surface area (Å²) in [7, 11) is -3.13. The Kier molecular flexibility index (Phi) is 4.06. The van der Waals surface area contributed by atoms with Gasteiger partial charge in [-0.2, -0.15) is 0 Å². The lowest BCUT2D eigenvalue weighted by Gasteiger charge is -2.27. The molecule has 1 saturated heterocycles. The maximum Gasteiger partial charge on any atom is 0.227 e. The number of carbonyl (C=O) groups is 1. The smallest absolute Gasteiger partial charge is 0.227 e. The van der Waals surface area contributed by atoms with Crippen molar-refractivity contribution in [3.63, 3.8) is 0 Å². The molecule has 1 atom stereocenters. The zero-order valence-electron chi connectivity index (χ0n) is 13.7. The number of fused-ring (bicyclic) bond motifs is 1. The summed E-state index contributed by atoms with van der Waals surface area (Å²) < 4.78 is 55.6. The number of benzene rings is 1. The molecule has 1 amide bonds. The Morgan fingerprint density at radius 1 is 1.23 bits per heavy atom. The normalized spacial score (nSPS) is 21.6. The summed E-state index contributed by atoms with van der Waals surface area (Å²) in [6, 6.07) is 3.03. The van der Waals surface area contributed by atoms with Crippen molar-refractivity contribution in [1.82, 2.24) is 9.88 Å². The maximum absolute atomic E-state index is 13.4. The zero-order chi connectivity index (χ0) is 18.5. The number of carbonyl (C=O) groups excluding carboxylic acids is 1. The van der Waals surface area contributed by atoms with Crippen molar-refractivity contribution >= 4 is 15.7 Å². The SMILES string of the molecule is O=C(C1CCS(=O)(=O)C1)N1CCc2oc(-c3cc(F)cc(F)c3)nc2C1. The molecule has 0 spiro atoms. The van der Waals surface area contributed by atoms with E-state index < -0.39 is 27.4 Å². The number of hydrogen-bond acceptors (Lipinski definition) is 5. The van der Waals surface area contributed by atoms with Gasteiger partial charge in [0.15, 0.2) is 9.84 Å². The van der Waals surface area contributed by atoms with Crippen LogP contribution in [0.5, 0.6) is 0 Å². The van der Waals surface area contributed by atoms with Gasteiger partial charge in [-0.05, 0) is 18.6 Å². The van der Waals surface area contributed by atoms with E-state index in [1.54, 1.807) is 4.90 Å². The fraction of sp³-hybridized carbons (Fsp3) is 0.412. The van der Waals surface area contributed by atoms with Crippen molar-refractivity contribution in [2.75, 3.05) is 18.1 Å². The molecule has 1 aromatic heterocycles. The highest BCUT2D eigenvalue weighted by Gasteiger charge is 2.37. The predicted molar refractivity (Wildman–Crippen MR) is 87.7 cm³/mol. The Morgan fingerprint density at radius 3 is 2.62 bits per heavy atom. The fourth-order valence-electron chi connectivity index (χ4n) is 3.44. The first-order valence-electron chi connectivity index (χ1n) is 8.25. The molecule has 9 heteroatoms. The summed E-state index contributed by atoms with van der Waals surface area (Å²) in [6.07, 6.45) is 0.766. The van der Waals surface area contributed by atoms with Gasteiger partial charge in [-0.25, -0.2) is 22.2 Å². The molecule has 2 aromatic rings. The number of rotatable bonds is 2. The molecule has 2 aliphatic rings. The highest BCUT2D eigenvalue weighted by Crippen LogP contribution is 2.29. The monoisotopic (exact) mass is 382 g/mol. The molecule has 1 unspecified atom stereocenters. The van der Waals surface area contributed by atoms with Crippen molar-refractivity contribution in [3.8, 4) is 11.5 Å². The van der Waals surface area contributed by atoms with Crippen molar-refractivity contribution in [2.45, 2.75) is 19.4 Å². The zero-order valence-corrected chi connectivity index (χ0v) is 14.6. The second kappa shape index (κ2) is 6.15. The van der Waals surface area contributed by atoms with Crippen LogP contribution in [0, 0.1) is 17.6 Å². The Morgan fingerprint density at radius 2 is 1.96 bits per heavy atom. The molecule has 0 bridgehead atoms. The molecule has 6 nitrogen and oxygen atoms in total. The van der Waals surface area contributed by atoms with Crippen molar-refractivity contribution in [1.29, 1.82) is 0 Å². The molecular formula is C17H16F2N2O4S. The molecule has 0 aliphatic carbocycles. The van der Waals surface area contributed by atoms with Gasteiger partial charge < -0.3 is 9.32 Å². The van der Waals surface area contributed by atoms with Gasteiger partial charge in [-0.15, -0.1) is 0 Å². The largest absolute Gasteiger partial charge is 0.441 e. The van der Waals surface area contributed by atoms with Crippen LogP contribution in [0.15, 0.2) is 22.6 Å². The van der Waals surface area contributed by atoms with Gasteiger partial charge in [-0.1, -0.05) is 0 Å². The van der Waals surface area contributed by atoms with Crippen LogP contribution in [-0.2, 0) is 27.6 Å². The fourth-order valence-corrected chi connectivity index (χ4v) is 5.17. The predicted octanol–water partition coefficient (Wildman–Crippen LogP) is 1.94. The Bertz CT molecular complexity index is 966. The number of hydrogen-bond donors (Lipinski definition) is 0. The lowest BCUT2D eigenvalue weighted by atomic mass is 10.1. The van der Waals surface area contributed by atoms with Crippen LogP contribution in [0.2, 0.25) is 0 Å². The van der Waals surface area contributed by atoms with Crippen LogP contribution in [0.1, 0.15) is 17.9 Å². The van der Waals surface area contributed by atoms with Crippen LogP contribution in [0.25, 0.3) is 11.5 Å². The minimum absolute atomic E-state index is 0.0434. The molecule has 4 rings (SSSR count). The van der Waals surface area contributed by atoms with E-state index in [9.17, 15) is 22.0 Å². The molecule has 3 heterocycles. The molecule has 0 N–H and O–H groups in total. The lowest BCUT2D eigenvalue weighted by Crippen LogP contribution is -2.40. The average molecular weight is 382 g/mol. The van der Waals surface area contributed by atoms with E-state index in [0.717, 1.165) is 18.2 Å². The number of amides is 1. The summed E-state index contributed by atoms with van der Waals surface area (Å²) in [5, 5.41) is 0. The molecular weight excluding hydrogens is 366 g/mol. The van der Waals surface area contributed by atoms with Crippen LogP contribution in [0.4, 0.5) is 8.78 Å². The van der Waals surface area contributed by atoms with Crippen molar-refractivity contribution in [3.05, 3.63) is 41.3 Å². The van der Waals surface area contributed by atoms with E-state index in [1.807, 2.05) is 0 Å². The van der Waals surface area contributed by atoms with Gasteiger partial charge in [0.1, 0.15) is 23.1 Å². The molecule has 1 aromatic carbocycles. The third kappa shape index (κ3) is 3.23. The summed E-state index contributed by atoms with van der Waals surface area (Å²) in [5.41, 5.74) is 0.724.